The van der Waals surface area contributed by atoms with E-state index in [0.29, 0.717) is 35.9 Å². The molecule has 2 aromatic rings. The van der Waals surface area contributed by atoms with Crippen molar-refractivity contribution < 1.29 is 9.59 Å². The lowest BCUT2D eigenvalue weighted by Gasteiger charge is -2.36. The SMILES string of the molecule is CCC(=O)Nc1ccc(C)c(NC(=O)N2CCN(c3cccc(Cl)c3)CC2)c1. The van der Waals surface area contributed by atoms with Crippen LogP contribution >= 0.6 is 11.6 Å². The molecule has 0 saturated carbocycles. The van der Waals surface area contributed by atoms with Crippen molar-refractivity contribution in [1.29, 1.82) is 0 Å². The van der Waals surface area contributed by atoms with Gasteiger partial charge < -0.3 is 20.4 Å². The van der Waals surface area contributed by atoms with Crippen molar-refractivity contribution in [2.75, 3.05) is 41.7 Å². The number of nitrogens with one attached hydrogen (secondary N) is 2. The zero-order valence-corrected chi connectivity index (χ0v) is 16.9. The topological polar surface area (TPSA) is 64.7 Å². The van der Waals surface area contributed by atoms with Gasteiger partial charge in [0.2, 0.25) is 5.91 Å². The Hall–Kier alpha value is -2.73. The predicted octanol–water partition coefficient (Wildman–Crippen LogP) is 4.35. The highest BCUT2D eigenvalue weighted by Gasteiger charge is 2.22. The molecule has 1 fully saturated rings. The standard InChI is InChI=1S/C21H25ClN4O2/c1-3-20(27)23-17-8-7-15(2)19(14-17)24-21(28)26-11-9-25(10-12-26)18-6-4-5-16(22)13-18/h4-8,13-14H,3,9-12H2,1-2H3,(H,23,27)(H,24,28). The van der Waals surface area contributed by atoms with Crippen LogP contribution in [0.25, 0.3) is 0 Å². The number of urea groups is 1. The Morgan fingerprint density at radius 2 is 1.79 bits per heavy atom. The van der Waals surface area contributed by atoms with Crippen molar-refractivity contribution in [2.24, 2.45) is 0 Å². The van der Waals surface area contributed by atoms with Crippen LogP contribution < -0.4 is 15.5 Å². The number of rotatable bonds is 4. The molecule has 1 heterocycles. The van der Waals surface area contributed by atoms with E-state index in [9.17, 15) is 9.59 Å². The smallest absolute Gasteiger partial charge is 0.321 e. The maximum Gasteiger partial charge on any atom is 0.321 e. The summed E-state index contributed by atoms with van der Waals surface area (Å²) >= 11 is 6.07. The van der Waals surface area contributed by atoms with Gasteiger partial charge in [0, 0.05) is 54.7 Å². The minimum atomic E-state index is -0.132. The second-order valence-corrected chi connectivity index (χ2v) is 7.25. The van der Waals surface area contributed by atoms with Gasteiger partial charge in [0.1, 0.15) is 0 Å². The summed E-state index contributed by atoms with van der Waals surface area (Å²) in [5, 5.41) is 6.50. The average molecular weight is 401 g/mol. The van der Waals surface area contributed by atoms with Crippen LogP contribution in [0.5, 0.6) is 0 Å². The summed E-state index contributed by atoms with van der Waals surface area (Å²) in [7, 11) is 0. The largest absolute Gasteiger partial charge is 0.368 e. The molecule has 0 unspecified atom stereocenters. The van der Waals surface area contributed by atoms with E-state index in [4.69, 9.17) is 11.6 Å². The van der Waals surface area contributed by atoms with E-state index in [0.717, 1.165) is 24.3 Å². The third-order valence-corrected chi connectivity index (χ3v) is 5.06. The van der Waals surface area contributed by atoms with Crippen molar-refractivity contribution in [3.8, 4) is 0 Å². The quantitative estimate of drug-likeness (QED) is 0.801. The van der Waals surface area contributed by atoms with Gasteiger partial charge in [0.25, 0.3) is 0 Å². The molecule has 1 aliphatic rings. The van der Waals surface area contributed by atoms with Crippen molar-refractivity contribution in [2.45, 2.75) is 20.3 Å². The number of aryl methyl sites for hydroxylation is 1. The Morgan fingerprint density at radius 3 is 2.46 bits per heavy atom. The summed E-state index contributed by atoms with van der Waals surface area (Å²) in [4.78, 5) is 28.3. The molecule has 1 aliphatic heterocycles. The maximum atomic E-state index is 12.7. The molecular formula is C21H25ClN4O2. The summed E-state index contributed by atoms with van der Waals surface area (Å²) in [6.07, 6.45) is 0.409. The van der Waals surface area contributed by atoms with Crippen LogP contribution in [0.1, 0.15) is 18.9 Å². The van der Waals surface area contributed by atoms with Crippen LogP contribution in [0.4, 0.5) is 21.9 Å². The molecule has 1 saturated heterocycles. The first-order chi connectivity index (χ1) is 13.5. The van der Waals surface area contributed by atoms with Crippen LogP contribution in [0.3, 0.4) is 0 Å². The minimum Gasteiger partial charge on any atom is -0.368 e. The number of carbonyl (C=O) groups is 2. The first kappa shape index (κ1) is 20.0. The third-order valence-electron chi connectivity index (χ3n) is 4.82. The number of hydrogen-bond acceptors (Lipinski definition) is 3. The normalized spacial score (nSPS) is 14.0. The Morgan fingerprint density at radius 1 is 1.04 bits per heavy atom. The van der Waals surface area contributed by atoms with Gasteiger partial charge in [0.15, 0.2) is 0 Å². The third kappa shape index (κ3) is 4.95. The second kappa shape index (κ2) is 8.97. The van der Waals surface area contributed by atoms with E-state index >= 15 is 0 Å². The molecule has 3 amide bonds. The van der Waals surface area contributed by atoms with Gasteiger partial charge in [-0.25, -0.2) is 4.79 Å². The molecule has 3 rings (SSSR count). The molecule has 148 valence electrons. The van der Waals surface area contributed by atoms with E-state index in [1.807, 2.05) is 43.3 Å². The van der Waals surface area contributed by atoms with Crippen LogP contribution in [-0.2, 0) is 4.79 Å². The Kier molecular flexibility index (Phi) is 6.41. The molecule has 6 nitrogen and oxygen atoms in total. The summed E-state index contributed by atoms with van der Waals surface area (Å²) in [6, 6.07) is 13.1. The molecule has 0 atom stereocenters. The van der Waals surface area contributed by atoms with E-state index in [2.05, 4.69) is 15.5 Å². The highest BCUT2D eigenvalue weighted by Crippen LogP contribution is 2.23. The Bertz CT molecular complexity index is 863. The van der Waals surface area contributed by atoms with Crippen LogP contribution in [-0.4, -0.2) is 43.0 Å². The number of halogens is 1. The summed E-state index contributed by atoms with van der Waals surface area (Å²) < 4.78 is 0. The van der Waals surface area contributed by atoms with Crippen molar-refractivity contribution in [3.63, 3.8) is 0 Å². The van der Waals surface area contributed by atoms with Crippen molar-refractivity contribution in [1.82, 2.24) is 4.90 Å². The molecule has 0 spiro atoms. The van der Waals surface area contributed by atoms with Gasteiger partial charge in [-0.1, -0.05) is 30.7 Å². The first-order valence-electron chi connectivity index (χ1n) is 9.43. The fourth-order valence-electron chi connectivity index (χ4n) is 3.12. The Balaban J connectivity index is 1.60. The van der Waals surface area contributed by atoms with Crippen molar-refractivity contribution in [3.05, 3.63) is 53.1 Å². The molecule has 28 heavy (non-hydrogen) atoms. The molecule has 0 aliphatic carbocycles. The fraction of sp³-hybridized carbons (Fsp3) is 0.333. The number of amides is 3. The summed E-state index contributed by atoms with van der Waals surface area (Å²) in [5.41, 5.74) is 3.40. The first-order valence-corrected chi connectivity index (χ1v) is 9.81. The van der Waals surface area contributed by atoms with Crippen LogP contribution in [0.15, 0.2) is 42.5 Å². The van der Waals surface area contributed by atoms with E-state index in [1.165, 1.54) is 0 Å². The van der Waals surface area contributed by atoms with E-state index in [1.54, 1.807) is 17.9 Å². The average Bonchev–Trinajstić information content (AvgIpc) is 2.70. The lowest BCUT2D eigenvalue weighted by molar-refractivity contribution is -0.115. The van der Waals surface area contributed by atoms with E-state index < -0.39 is 0 Å². The fourth-order valence-corrected chi connectivity index (χ4v) is 3.30. The highest BCUT2D eigenvalue weighted by atomic mass is 35.5. The number of carbonyl (C=O) groups excluding carboxylic acids is 2. The Labute approximate surface area is 170 Å². The summed E-state index contributed by atoms with van der Waals surface area (Å²) in [6.45, 7) is 6.49. The number of anilines is 3. The molecule has 0 aromatic heterocycles. The molecule has 7 heteroatoms. The zero-order valence-electron chi connectivity index (χ0n) is 16.2. The lowest BCUT2D eigenvalue weighted by atomic mass is 10.1. The molecule has 2 N–H and O–H groups in total. The van der Waals surface area contributed by atoms with Gasteiger partial charge in [-0.15, -0.1) is 0 Å². The second-order valence-electron chi connectivity index (χ2n) is 6.82. The van der Waals surface area contributed by atoms with Gasteiger partial charge >= 0.3 is 6.03 Å². The monoisotopic (exact) mass is 400 g/mol. The number of piperazine rings is 1. The number of nitrogens with zero attached hydrogens (tertiary/aromatic N) is 2. The zero-order chi connectivity index (χ0) is 20.1. The van der Waals surface area contributed by atoms with Gasteiger partial charge in [0.05, 0.1) is 0 Å². The van der Waals surface area contributed by atoms with Gasteiger partial charge in [-0.2, -0.15) is 0 Å². The minimum absolute atomic E-state index is 0.0572. The van der Waals surface area contributed by atoms with Gasteiger partial charge in [-0.3, -0.25) is 4.79 Å². The number of hydrogen-bond donors (Lipinski definition) is 2. The van der Waals surface area contributed by atoms with Gasteiger partial charge in [-0.05, 0) is 42.8 Å². The van der Waals surface area contributed by atoms with Crippen molar-refractivity contribution >= 4 is 40.6 Å². The maximum absolute atomic E-state index is 12.7. The molecule has 0 radical (unpaired) electrons. The van der Waals surface area contributed by atoms with Crippen LogP contribution in [0, 0.1) is 6.92 Å². The predicted molar refractivity (Wildman–Crippen MR) is 114 cm³/mol. The molecular weight excluding hydrogens is 376 g/mol. The number of benzene rings is 2. The summed E-state index contributed by atoms with van der Waals surface area (Å²) in [5.74, 6) is -0.0572. The molecule has 0 bridgehead atoms. The molecule has 2 aromatic carbocycles. The highest BCUT2D eigenvalue weighted by molar-refractivity contribution is 6.30. The van der Waals surface area contributed by atoms with Crippen LogP contribution in [0.2, 0.25) is 5.02 Å². The van der Waals surface area contributed by atoms with E-state index in [-0.39, 0.29) is 11.9 Å². The lowest BCUT2D eigenvalue weighted by Crippen LogP contribution is -2.50.